The van der Waals surface area contributed by atoms with Crippen LogP contribution in [0.3, 0.4) is 0 Å². The number of methoxy groups -OCH3 is 1. The molecule has 1 N–H and O–H groups in total. The van der Waals surface area contributed by atoms with E-state index in [0.717, 1.165) is 36.4 Å². The van der Waals surface area contributed by atoms with E-state index >= 15 is 0 Å². The number of carbonyl (C=O) groups is 2. The number of amides is 2. The SMILES string of the molecule is COc1cccc(CC(=O)N2CCC[C@@H]([C@H](NC(C)=O)c3ccccn3)C2)c1. The quantitative estimate of drug-likeness (QED) is 0.835. The van der Waals surface area contributed by atoms with Crippen LogP contribution in [0.5, 0.6) is 5.75 Å². The van der Waals surface area contributed by atoms with Crippen molar-refractivity contribution < 1.29 is 14.3 Å². The van der Waals surface area contributed by atoms with Crippen LogP contribution >= 0.6 is 0 Å². The fourth-order valence-corrected chi connectivity index (χ4v) is 3.79. The Balaban J connectivity index is 1.70. The summed E-state index contributed by atoms with van der Waals surface area (Å²) in [7, 11) is 1.62. The third-order valence-corrected chi connectivity index (χ3v) is 5.14. The van der Waals surface area contributed by atoms with Crippen molar-refractivity contribution in [2.75, 3.05) is 20.2 Å². The lowest BCUT2D eigenvalue weighted by Gasteiger charge is -2.37. The third-order valence-electron chi connectivity index (χ3n) is 5.14. The predicted molar refractivity (Wildman–Crippen MR) is 107 cm³/mol. The van der Waals surface area contributed by atoms with E-state index in [4.69, 9.17) is 4.74 Å². The maximum absolute atomic E-state index is 12.9. The number of rotatable bonds is 6. The molecule has 0 spiro atoms. The molecule has 1 saturated heterocycles. The summed E-state index contributed by atoms with van der Waals surface area (Å²) < 4.78 is 5.24. The van der Waals surface area contributed by atoms with Gasteiger partial charge in [-0.15, -0.1) is 0 Å². The van der Waals surface area contributed by atoms with Crippen molar-refractivity contribution >= 4 is 11.8 Å². The van der Waals surface area contributed by atoms with Crippen molar-refractivity contribution in [1.82, 2.24) is 15.2 Å². The van der Waals surface area contributed by atoms with Gasteiger partial charge in [-0.1, -0.05) is 18.2 Å². The topological polar surface area (TPSA) is 71.5 Å². The van der Waals surface area contributed by atoms with Crippen molar-refractivity contribution in [2.45, 2.75) is 32.2 Å². The number of ether oxygens (including phenoxy) is 1. The summed E-state index contributed by atoms with van der Waals surface area (Å²) in [6.07, 6.45) is 3.94. The number of piperidine rings is 1. The molecule has 6 heteroatoms. The molecule has 2 amide bonds. The lowest BCUT2D eigenvalue weighted by molar-refractivity contribution is -0.132. The van der Waals surface area contributed by atoms with E-state index in [-0.39, 0.29) is 23.8 Å². The van der Waals surface area contributed by atoms with Crippen LogP contribution in [0.4, 0.5) is 0 Å². The number of benzene rings is 1. The van der Waals surface area contributed by atoms with E-state index in [1.165, 1.54) is 6.92 Å². The van der Waals surface area contributed by atoms with Gasteiger partial charge >= 0.3 is 0 Å². The summed E-state index contributed by atoms with van der Waals surface area (Å²) >= 11 is 0. The van der Waals surface area contributed by atoms with E-state index in [2.05, 4.69) is 10.3 Å². The lowest BCUT2D eigenvalue weighted by Crippen LogP contribution is -2.45. The predicted octanol–water partition coefficient (Wildman–Crippen LogP) is 2.75. The fraction of sp³-hybridized carbons (Fsp3) is 0.409. The number of nitrogens with one attached hydrogen (secondary N) is 1. The lowest BCUT2D eigenvalue weighted by atomic mass is 9.88. The molecule has 2 atom stereocenters. The molecule has 2 heterocycles. The van der Waals surface area contributed by atoms with Crippen LogP contribution in [0.25, 0.3) is 0 Å². The smallest absolute Gasteiger partial charge is 0.227 e. The summed E-state index contributed by atoms with van der Waals surface area (Å²) in [6, 6.07) is 13.1. The Hall–Kier alpha value is -2.89. The van der Waals surface area contributed by atoms with Crippen molar-refractivity contribution in [2.24, 2.45) is 5.92 Å². The van der Waals surface area contributed by atoms with Gasteiger partial charge in [-0.05, 0) is 42.7 Å². The Kier molecular flexibility index (Phi) is 6.63. The second-order valence-electron chi connectivity index (χ2n) is 7.20. The minimum absolute atomic E-state index is 0.0875. The molecule has 1 aliphatic heterocycles. The molecule has 2 aromatic rings. The Labute approximate surface area is 165 Å². The maximum Gasteiger partial charge on any atom is 0.227 e. The highest BCUT2D eigenvalue weighted by atomic mass is 16.5. The van der Waals surface area contributed by atoms with Gasteiger partial charge in [0, 0.05) is 32.1 Å². The van der Waals surface area contributed by atoms with Crippen molar-refractivity contribution in [1.29, 1.82) is 0 Å². The minimum Gasteiger partial charge on any atom is -0.497 e. The summed E-state index contributed by atoms with van der Waals surface area (Å²) in [4.78, 5) is 31.0. The van der Waals surface area contributed by atoms with Crippen LogP contribution in [-0.2, 0) is 16.0 Å². The van der Waals surface area contributed by atoms with Crippen molar-refractivity contribution in [3.05, 3.63) is 59.9 Å². The van der Waals surface area contributed by atoms with Gasteiger partial charge < -0.3 is 15.0 Å². The molecule has 0 unspecified atom stereocenters. The molecule has 6 nitrogen and oxygen atoms in total. The summed E-state index contributed by atoms with van der Waals surface area (Å²) in [6.45, 7) is 2.88. The number of hydrogen-bond donors (Lipinski definition) is 1. The van der Waals surface area contributed by atoms with Crippen LogP contribution in [-0.4, -0.2) is 41.9 Å². The molecular weight excluding hydrogens is 354 g/mol. The summed E-state index contributed by atoms with van der Waals surface area (Å²) in [5.74, 6) is 0.903. The standard InChI is InChI=1S/C22H27N3O3/c1-16(26)24-22(20-10-3-4-11-23-20)18-8-6-12-25(15-18)21(27)14-17-7-5-9-19(13-17)28-2/h3-5,7,9-11,13,18,22H,6,8,12,14-15H2,1-2H3,(H,24,26)/t18-,22+/m1/s1. The first-order valence-electron chi connectivity index (χ1n) is 9.65. The first-order chi connectivity index (χ1) is 13.6. The van der Waals surface area contributed by atoms with Crippen molar-refractivity contribution in [3.63, 3.8) is 0 Å². The highest BCUT2D eigenvalue weighted by molar-refractivity contribution is 5.79. The molecule has 0 saturated carbocycles. The number of pyridine rings is 1. The monoisotopic (exact) mass is 381 g/mol. The van der Waals surface area contributed by atoms with Crippen molar-refractivity contribution in [3.8, 4) is 5.75 Å². The molecule has 1 fully saturated rings. The Morgan fingerprint density at radius 3 is 2.86 bits per heavy atom. The number of hydrogen-bond acceptors (Lipinski definition) is 4. The van der Waals surface area contributed by atoms with Crippen LogP contribution in [0.15, 0.2) is 48.7 Å². The molecule has 0 radical (unpaired) electrons. The number of nitrogens with zero attached hydrogens (tertiary/aromatic N) is 2. The molecule has 148 valence electrons. The van der Waals surface area contributed by atoms with Gasteiger partial charge in [-0.3, -0.25) is 14.6 Å². The molecular formula is C22H27N3O3. The zero-order chi connectivity index (χ0) is 19.9. The Bertz CT molecular complexity index is 810. The van der Waals surface area contributed by atoms with E-state index < -0.39 is 0 Å². The second-order valence-corrected chi connectivity index (χ2v) is 7.20. The van der Waals surface area contributed by atoms with E-state index in [1.54, 1.807) is 13.3 Å². The Morgan fingerprint density at radius 2 is 2.14 bits per heavy atom. The molecule has 0 aliphatic carbocycles. The van der Waals surface area contributed by atoms with Crippen LogP contribution in [0.1, 0.15) is 37.1 Å². The van der Waals surface area contributed by atoms with Crippen LogP contribution in [0, 0.1) is 5.92 Å². The molecule has 1 aromatic heterocycles. The highest BCUT2D eigenvalue weighted by Gasteiger charge is 2.31. The van der Waals surface area contributed by atoms with Crippen LogP contribution < -0.4 is 10.1 Å². The zero-order valence-corrected chi connectivity index (χ0v) is 16.4. The van der Waals surface area contributed by atoms with Crippen LogP contribution in [0.2, 0.25) is 0 Å². The minimum atomic E-state index is -0.189. The van der Waals surface area contributed by atoms with Gasteiger partial charge in [0.25, 0.3) is 0 Å². The van der Waals surface area contributed by atoms with E-state index in [1.807, 2.05) is 47.4 Å². The molecule has 0 bridgehead atoms. The van der Waals surface area contributed by atoms with E-state index in [9.17, 15) is 9.59 Å². The van der Waals surface area contributed by atoms with Gasteiger partial charge in [0.2, 0.25) is 11.8 Å². The highest BCUT2D eigenvalue weighted by Crippen LogP contribution is 2.29. The second kappa shape index (κ2) is 9.35. The number of likely N-dealkylation sites (tertiary alicyclic amines) is 1. The first kappa shape index (κ1) is 19.9. The summed E-state index contributed by atoms with van der Waals surface area (Å²) in [5.41, 5.74) is 1.78. The number of carbonyl (C=O) groups excluding carboxylic acids is 2. The average molecular weight is 381 g/mol. The number of aromatic nitrogens is 1. The molecule has 1 aromatic carbocycles. The normalized spacial score (nSPS) is 17.6. The molecule has 1 aliphatic rings. The molecule has 3 rings (SSSR count). The largest absolute Gasteiger partial charge is 0.497 e. The average Bonchev–Trinajstić information content (AvgIpc) is 2.72. The summed E-state index contributed by atoms with van der Waals surface area (Å²) in [5, 5.41) is 3.03. The van der Waals surface area contributed by atoms with E-state index in [0.29, 0.717) is 13.0 Å². The van der Waals surface area contributed by atoms with Gasteiger partial charge in [-0.2, -0.15) is 0 Å². The molecule has 28 heavy (non-hydrogen) atoms. The Morgan fingerprint density at radius 1 is 1.29 bits per heavy atom. The van der Waals surface area contributed by atoms with Gasteiger partial charge in [0.15, 0.2) is 0 Å². The fourth-order valence-electron chi connectivity index (χ4n) is 3.79. The van der Waals surface area contributed by atoms with Gasteiger partial charge in [0.1, 0.15) is 5.75 Å². The third kappa shape index (κ3) is 5.09. The zero-order valence-electron chi connectivity index (χ0n) is 16.4. The van der Waals surface area contributed by atoms with Gasteiger partial charge in [0.05, 0.1) is 25.3 Å². The first-order valence-corrected chi connectivity index (χ1v) is 9.65. The van der Waals surface area contributed by atoms with Gasteiger partial charge in [-0.25, -0.2) is 0 Å². The maximum atomic E-state index is 12.9.